The Morgan fingerprint density at radius 3 is 2.46 bits per heavy atom. The van der Waals surface area contributed by atoms with E-state index in [0.717, 1.165) is 11.1 Å². The van der Waals surface area contributed by atoms with Gasteiger partial charge in [0.05, 0.1) is 35.7 Å². The lowest BCUT2D eigenvalue weighted by Crippen LogP contribution is -2.29. The fourth-order valence-electron chi connectivity index (χ4n) is 4.48. The molecule has 7 nitrogen and oxygen atoms in total. The summed E-state index contributed by atoms with van der Waals surface area (Å²) in [6, 6.07) is 15.3. The Balaban J connectivity index is 1.73. The Morgan fingerprint density at radius 2 is 1.77 bits per heavy atom. The highest BCUT2D eigenvalue weighted by Gasteiger charge is 2.43. The summed E-state index contributed by atoms with van der Waals surface area (Å²) in [5.41, 5.74) is 2.74. The quantitative estimate of drug-likeness (QED) is 0.371. The maximum absolute atomic E-state index is 13.7. The number of aromatic hydroxyl groups is 1. The monoisotopic (exact) mass is 535 g/mol. The van der Waals surface area contributed by atoms with Crippen LogP contribution in [0.3, 0.4) is 0 Å². The summed E-state index contributed by atoms with van der Waals surface area (Å²) in [6.07, 6.45) is 0. The van der Waals surface area contributed by atoms with Crippen LogP contribution < -0.4 is 14.9 Å². The van der Waals surface area contributed by atoms with E-state index >= 15 is 0 Å². The van der Waals surface area contributed by atoms with Gasteiger partial charge in [0.25, 0.3) is 5.91 Å². The predicted octanol–water partition coefficient (Wildman–Crippen LogP) is 5.33. The first kappa shape index (κ1) is 23.0. The number of rotatable bonds is 5. The Morgan fingerprint density at radius 1 is 1.03 bits per heavy atom. The average molecular weight is 536 g/mol. The molecule has 8 heteroatoms. The molecule has 3 aromatic carbocycles. The minimum atomic E-state index is -0.744. The average Bonchev–Trinajstić information content (AvgIpc) is 3.13. The number of methoxy groups -OCH3 is 2. The molecular weight excluding hydrogens is 514 g/mol. The summed E-state index contributed by atoms with van der Waals surface area (Å²) in [6.45, 7) is 2.12. The number of fused-ring (bicyclic) bond motifs is 2. The minimum absolute atomic E-state index is 0.0213. The third-order valence-corrected chi connectivity index (χ3v) is 6.82. The summed E-state index contributed by atoms with van der Waals surface area (Å²) in [7, 11) is 3.03. The van der Waals surface area contributed by atoms with Crippen molar-refractivity contribution in [3.05, 3.63) is 97.3 Å². The van der Waals surface area contributed by atoms with E-state index in [2.05, 4.69) is 15.9 Å². The predicted molar refractivity (Wildman–Crippen MR) is 134 cm³/mol. The number of hydrogen-bond acceptors (Lipinski definition) is 6. The van der Waals surface area contributed by atoms with Gasteiger partial charge in [0.1, 0.15) is 11.3 Å². The van der Waals surface area contributed by atoms with Gasteiger partial charge in [0.2, 0.25) is 5.76 Å². The molecule has 1 aliphatic heterocycles. The van der Waals surface area contributed by atoms with E-state index in [9.17, 15) is 14.7 Å². The van der Waals surface area contributed by atoms with Crippen LogP contribution in [0.1, 0.15) is 38.9 Å². The molecule has 1 N–H and O–H groups in total. The van der Waals surface area contributed by atoms with Crippen molar-refractivity contribution in [2.45, 2.75) is 19.5 Å². The highest BCUT2D eigenvalue weighted by Crippen LogP contribution is 2.44. The molecule has 1 aliphatic rings. The largest absolute Gasteiger partial charge is 0.503 e. The lowest BCUT2D eigenvalue weighted by atomic mass is 9.97. The van der Waals surface area contributed by atoms with Gasteiger partial charge < -0.3 is 23.9 Å². The van der Waals surface area contributed by atoms with Crippen molar-refractivity contribution < 1.29 is 23.8 Å². The first-order valence-corrected chi connectivity index (χ1v) is 11.7. The summed E-state index contributed by atoms with van der Waals surface area (Å²) < 4.78 is 17.0. The molecule has 5 rings (SSSR count). The second kappa shape index (κ2) is 8.78. The van der Waals surface area contributed by atoms with E-state index in [0.29, 0.717) is 26.8 Å². The molecule has 4 aromatic rings. The summed E-state index contributed by atoms with van der Waals surface area (Å²) >= 11 is 3.36. The van der Waals surface area contributed by atoms with Crippen molar-refractivity contribution >= 4 is 32.8 Å². The van der Waals surface area contributed by atoms with Crippen molar-refractivity contribution in [1.29, 1.82) is 0 Å². The van der Waals surface area contributed by atoms with Crippen molar-refractivity contribution in [2.75, 3.05) is 14.2 Å². The van der Waals surface area contributed by atoms with Crippen LogP contribution in [0.4, 0.5) is 0 Å². The van der Waals surface area contributed by atoms with Crippen LogP contribution in [0, 0.1) is 6.92 Å². The number of hydrogen-bond donors (Lipinski definition) is 1. The normalized spacial score (nSPS) is 14.9. The molecule has 0 saturated carbocycles. The van der Waals surface area contributed by atoms with Crippen LogP contribution in [-0.4, -0.2) is 30.1 Å². The lowest BCUT2D eigenvalue weighted by molar-refractivity contribution is 0.0714. The number of benzene rings is 3. The van der Waals surface area contributed by atoms with E-state index in [1.807, 2.05) is 37.3 Å². The van der Waals surface area contributed by atoms with Gasteiger partial charge in [-0.1, -0.05) is 23.8 Å². The van der Waals surface area contributed by atoms with Gasteiger partial charge >= 0.3 is 0 Å². The molecular formula is C27H22BrNO6. The Hall–Kier alpha value is -3.78. The molecule has 1 aromatic heterocycles. The van der Waals surface area contributed by atoms with Crippen LogP contribution in [0.15, 0.2) is 68.3 Å². The Bertz CT molecular complexity index is 1530. The van der Waals surface area contributed by atoms with Crippen molar-refractivity contribution in [2.24, 2.45) is 0 Å². The molecule has 35 heavy (non-hydrogen) atoms. The molecule has 0 unspecified atom stereocenters. The van der Waals surface area contributed by atoms with Crippen molar-refractivity contribution in [1.82, 2.24) is 4.90 Å². The fraction of sp³-hybridized carbons (Fsp3) is 0.185. The number of ether oxygens (including phenoxy) is 2. The van der Waals surface area contributed by atoms with Crippen LogP contribution in [0.25, 0.3) is 11.0 Å². The summed E-state index contributed by atoms with van der Waals surface area (Å²) in [5.74, 6) is 0.493. The first-order valence-electron chi connectivity index (χ1n) is 10.9. The molecule has 0 saturated heterocycles. The Kier molecular flexibility index (Phi) is 5.76. The lowest BCUT2D eigenvalue weighted by Gasteiger charge is -2.26. The SMILES string of the molecule is COc1ccc(CN2C(=O)c3oc4ccc(C)cc4c(=O)c3[C@@H]2c2cc(Br)c(O)c(OC)c2)cc1. The molecule has 0 aliphatic carbocycles. The number of nitrogens with zero attached hydrogens (tertiary/aromatic N) is 1. The maximum Gasteiger partial charge on any atom is 0.291 e. The van der Waals surface area contributed by atoms with Gasteiger partial charge in [-0.25, -0.2) is 0 Å². The first-order chi connectivity index (χ1) is 16.8. The van der Waals surface area contributed by atoms with Gasteiger partial charge in [-0.2, -0.15) is 0 Å². The van der Waals surface area contributed by atoms with E-state index in [1.165, 1.54) is 7.11 Å². The van der Waals surface area contributed by atoms with E-state index in [4.69, 9.17) is 13.9 Å². The number of carbonyl (C=O) groups is 1. The van der Waals surface area contributed by atoms with Gasteiger partial charge in [0.15, 0.2) is 16.9 Å². The number of carbonyl (C=O) groups excluding carboxylic acids is 1. The van der Waals surface area contributed by atoms with Crippen molar-refractivity contribution in [3.8, 4) is 17.2 Å². The highest BCUT2D eigenvalue weighted by molar-refractivity contribution is 9.10. The molecule has 1 atom stereocenters. The number of amides is 1. The second-order valence-corrected chi connectivity index (χ2v) is 9.27. The van der Waals surface area contributed by atoms with Gasteiger partial charge in [-0.15, -0.1) is 0 Å². The third-order valence-electron chi connectivity index (χ3n) is 6.22. The zero-order valence-electron chi connectivity index (χ0n) is 19.3. The van der Waals surface area contributed by atoms with Crippen molar-refractivity contribution in [3.63, 3.8) is 0 Å². The number of aryl methyl sites for hydroxylation is 1. The fourth-order valence-corrected chi connectivity index (χ4v) is 4.94. The molecule has 2 heterocycles. The minimum Gasteiger partial charge on any atom is -0.503 e. The van der Waals surface area contributed by atoms with E-state index in [1.54, 1.807) is 36.3 Å². The number of phenolic OH excluding ortho intramolecular Hbond substituents is 1. The zero-order valence-corrected chi connectivity index (χ0v) is 20.9. The van der Waals surface area contributed by atoms with Gasteiger partial charge in [-0.3, -0.25) is 9.59 Å². The molecule has 0 radical (unpaired) electrons. The van der Waals surface area contributed by atoms with E-state index in [-0.39, 0.29) is 40.7 Å². The third kappa shape index (κ3) is 3.83. The highest BCUT2D eigenvalue weighted by atomic mass is 79.9. The standard InChI is InChI=1S/C27H22BrNO6/c1-14-4-9-20-18(10-14)24(30)22-23(16-11-19(28)25(31)21(12-16)34-3)29(27(32)26(22)35-20)13-15-5-7-17(33-2)8-6-15/h4-12,23,31H,13H2,1-3H3/t23-/m0/s1. The molecule has 0 spiro atoms. The van der Waals surface area contributed by atoms with Crippen LogP contribution >= 0.6 is 15.9 Å². The van der Waals surface area contributed by atoms with Crippen LogP contribution in [-0.2, 0) is 6.54 Å². The zero-order chi connectivity index (χ0) is 24.9. The van der Waals surface area contributed by atoms with Crippen LogP contribution in [0.2, 0.25) is 0 Å². The summed E-state index contributed by atoms with van der Waals surface area (Å²) in [4.78, 5) is 29.0. The molecule has 178 valence electrons. The molecule has 0 bridgehead atoms. The molecule has 1 amide bonds. The smallest absolute Gasteiger partial charge is 0.291 e. The topological polar surface area (TPSA) is 89.2 Å². The molecule has 0 fully saturated rings. The summed E-state index contributed by atoms with van der Waals surface area (Å²) in [5, 5.41) is 10.8. The Labute approximate surface area is 209 Å². The van der Waals surface area contributed by atoms with Crippen LogP contribution in [0.5, 0.6) is 17.2 Å². The maximum atomic E-state index is 13.7. The van der Waals surface area contributed by atoms with Gasteiger partial charge in [-0.05, 0) is 70.4 Å². The second-order valence-electron chi connectivity index (χ2n) is 8.41. The number of halogens is 1. The number of phenols is 1. The van der Waals surface area contributed by atoms with E-state index < -0.39 is 6.04 Å². The van der Waals surface area contributed by atoms with Gasteiger partial charge in [0, 0.05) is 6.54 Å².